The molecule has 2 aromatic rings. The lowest BCUT2D eigenvalue weighted by atomic mass is 10.2. The molecule has 2 atom stereocenters. The molecule has 7 nitrogen and oxygen atoms in total. The summed E-state index contributed by atoms with van der Waals surface area (Å²) < 4.78 is 0. The van der Waals surface area contributed by atoms with Gasteiger partial charge in [-0.2, -0.15) is 0 Å². The number of nitrogens with zero attached hydrogens (tertiary/aromatic N) is 4. The fourth-order valence-corrected chi connectivity index (χ4v) is 3.69. The summed E-state index contributed by atoms with van der Waals surface area (Å²) in [6.07, 6.45) is 3.98. The van der Waals surface area contributed by atoms with E-state index >= 15 is 0 Å². The summed E-state index contributed by atoms with van der Waals surface area (Å²) in [4.78, 5) is 24.6. The van der Waals surface area contributed by atoms with Crippen molar-refractivity contribution in [3.05, 3.63) is 47.8 Å². The van der Waals surface area contributed by atoms with Gasteiger partial charge >= 0.3 is 0 Å². The summed E-state index contributed by atoms with van der Waals surface area (Å²) in [5.41, 5.74) is 4.38. The molecule has 2 N–H and O–H groups in total. The van der Waals surface area contributed by atoms with Gasteiger partial charge in [0, 0.05) is 37.2 Å². The minimum Gasteiger partial charge on any atom is -0.365 e. The van der Waals surface area contributed by atoms with Gasteiger partial charge in [-0.3, -0.25) is 10.0 Å². The zero-order valence-electron chi connectivity index (χ0n) is 13.4. The molecule has 0 unspecified atom stereocenters. The molecule has 0 saturated carbocycles. The van der Waals surface area contributed by atoms with Crippen LogP contribution in [0.25, 0.3) is 0 Å². The zero-order valence-corrected chi connectivity index (χ0v) is 13.4. The average Bonchev–Trinajstić information content (AvgIpc) is 3.22. The second-order valence-corrected chi connectivity index (χ2v) is 6.40. The van der Waals surface area contributed by atoms with E-state index in [2.05, 4.69) is 51.0 Å². The van der Waals surface area contributed by atoms with E-state index in [1.54, 1.807) is 5.48 Å². The molecule has 1 amide bonds. The monoisotopic (exact) mass is 325 g/mol. The van der Waals surface area contributed by atoms with Crippen LogP contribution in [-0.2, 0) is 0 Å². The Morgan fingerprint density at radius 1 is 1.21 bits per heavy atom. The van der Waals surface area contributed by atoms with Crippen molar-refractivity contribution in [3.8, 4) is 0 Å². The summed E-state index contributed by atoms with van der Waals surface area (Å²) in [5.74, 6) is 0.0380. The number of hydrogen-bond donors (Lipinski definition) is 2. The Kier molecular flexibility index (Phi) is 3.57. The predicted octanol–water partition coefficient (Wildman–Crippen LogP) is 1.37. The van der Waals surface area contributed by atoms with Gasteiger partial charge in [0.15, 0.2) is 0 Å². The van der Waals surface area contributed by atoms with Crippen LogP contribution in [0.5, 0.6) is 0 Å². The Hall–Kier alpha value is -2.67. The fraction of sp³-hybridized carbons (Fsp3) is 0.353. The van der Waals surface area contributed by atoms with Crippen LogP contribution in [0.1, 0.15) is 22.3 Å². The van der Waals surface area contributed by atoms with E-state index in [1.807, 2.05) is 0 Å². The van der Waals surface area contributed by atoms with Crippen LogP contribution in [-0.4, -0.2) is 46.3 Å². The van der Waals surface area contributed by atoms with Crippen LogP contribution in [0, 0.1) is 6.92 Å². The van der Waals surface area contributed by atoms with Gasteiger partial charge in [0.2, 0.25) is 5.95 Å². The first kappa shape index (κ1) is 14.9. The number of hydroxylamine groups is 1. The highest BCUT2D eigenvalue weighted by molar-refractivity contribution is 5.92. The largest absolute Gasteiger partial charge is 0.365 e. The highest BCUT2D eigenvalue weighted by atomic mass is 16.5. The maximum Gasteiger partial charge on any atom is 0.277 e. The van der Waals surface area contributed by atoms with Gasteiger partial charge < -0.3 is 9.80 Å². The lowest BCUT2D eigenvalue weighted by Gasteiger charge is -2.35. The number of aromatic nitrogens is 2. The number of amides is 1. The van der Waals surface area contributed by atoms with Crippen LogP contribution in [0.2, 0.25) is 0 Å². The third kappa shape index (κ3) is 2.46. The molecule has 3 heterocycles. The van der Waals surface area contributed by atoms with E-state index in [4.69, 9.17) is 5.21 Å². The first-order valence-electron chi connectivity index (χ1n) is 8.02. The second kappa shape index (κ2) is 5.76. The normalized spacial score (nSPS) is 22.1. The number of aryl methyl sites for hydroxylation is 1. The zero-order chi connectivity index (χ0) is 16.7. The van der Waals surface area contributed by atoms with Gasteiger partial charge in [0.25, 0.3) is 5.91 Å². The van der Waals surface area contributed by atoms with Crippen LogP contribution in [0.3, 0.4) is 0 Å². The van der Waals surface area contributed by atoms with Crippen molar-refractivity contribution in [3.63, 3.8) is 0 Å². The number of piperazine rings is 1. The number of hydrogen-bond acceptors (Lipinski definition) is 6. The number of fused-ring (bicyclic) bond motifs is 2. The van der Waals surface area contributed by atoms with Crippen molar-refractivity contribution in [2.45, 2.75) is 25.4 Å². The number of anilines is 2. The van der Waals surface area contributed by atoms with E-state index in [0.29, 0.717) is 18.0 Å². The highest BCUT2D eigenvalue weighted by Crippen LogP contribution is 2.36. The van der Waals surface area contributed by atoms with Crippen molar-refractivity contribution in [2.75, 3.05) is 22.9 Å². The van der Waals surface area contributed by atoms with Crippen LogP contribution >= 0.6 is 0 Å². The Balaban J connectivity index is 1.49. The summed E-state index contributed by atoms with van der Waals surface area (Å²) in [7, 11) is 0. The molecule has 0 aliphatic carbocycles. The van der Waals surface area contributed by atoms with E-state index in [-0.39, 0.29) is 5.56 Å². The molecule has 124 valence electrons. The van der Waals surface area contributed by atoms with Gasteiger partial charge in [0.1, 0.15) is 0 Å². The molecule has 7 heteroatoms. The second-order valence-electron chi connectivity index (χ2n) is 6.40. The molecule has 2 saturated heterocycles. The van der Waals surface area contributed by atoms with Gasteiger partial charge in [-0.1, -0.05) is 12.1 Å². The molecule has 24 heavy (non-hydrogen) atoms. The Bertz CT molecular complexity index is 764. The molecular formula is C17H19N5O2. The quantitative estimate of drug-likeness (QED) is 0.655. The maximum atomic E-state index is 11.3. The number of nitrogens with one attached hydrogen (secondary N) is 1. The molecule has 1 aromatic heterocycles. The Morgan fingerprint density at radius 3 is 2.54 bits per heavy atom. The first-order valence-corrected chi connectivity index (χ1v) is 8.02. The lowest BCUT2D eigenvalue weighted by Crippen LogP contribution is -2.47. The van der Waals surface area contributed by atoms with Crippen molar-refractivity contribution >= 4 is 17.5 Å². The van der Waals surface area contributed by atoms with Gasteiger partial charge in [0.05, 0.1) is 11.6 Å². The summed E-state index contributed by atoms with van der Waals surface area (Å²) in [6.45, 7) is 3.95. The Labute approximate surface area is 139 Å². The lowest BCUT2D eigenvalue weighted by molar-refractivity contribution is 0.0705. The van der Waals surface area contributed by atoms with Crippen LogP contribution < -0.4 is 15.3 Å². The van der Waals surface area contributed by atoms with Crippen LogP contribution in [0.15, 0.2) is 36.7 Å². The highest BCUT2D eigenvalue weighted by Gasteiger charge is 2.44. The van der Waals surface area contributed by atoms with Crippen molar-refractivity contribution in [2.24, 2.45) is 0 Å². The smallest absolute Gasteiger partial charge is 0.277 e. The number of carbonyl (C=O) groups excluding carboxylic acids is 1. The average molecular weight is 325 g/mol. The van der Waals surface area contributed by atoms with Crippen molar-refractivity contribution < 1.29 is 10.0 Å². The van der Waals surface area contributed by atoms with Gasteiger partial charge in [-0.05, 0) is 31.0 Å². The first-order chi connectivity index (χ1) is 11.7. The molecule has 2 aliphatic rings. The summed E-state index contributed by atoms with van der Waals surface area (Å²) in [5, 5.41) is 8.64. The van der Waals surface area contributed by atoms with E-state index in [9.17, 15) is 4.79 Å². The Morgan fingerprint density at radius 2 is 1.92 bits per heavy atom. The molecule has 2 aliphatic heterocycles. The maximum absolute atomic E-state index is 11.3. The molecule has 0 radical (unpaired) electrons. The van der Waals surface area contributed by atoms with Crippen LogP contribution in [0.4, 0.5) is 11.6 Å². The summed E-state index contributed by atoms with van der Waals surface area (Å²) >= 11 is 0. The number of rotatable bonds is 3. The van der Waals surface area contributed by atoms with E-state index in [1.165, 1.54) is 23.6 Å². The standard InChI is InChI=1S/C17H19N5O2/c1-11-3-2-4-13(5-11)21-9-15-6-14(21)10-22(15)17-18-7-12(8-19-17)16(23)20-24/h2-5,7-8,14-15,24H,6,9-10H2,1H3,(H,20,23)/t14-,15+/m1/s1. The molecular weight excluding hydrogens is 306 g/mol. The van der Waals surface area contributed by atoms with E-state index in [0.717, 1.165) is 19.5 Å². The third-order valence-electron chi connectivity index (χ3n) is 4.83. The topological polar surface area (TPSA) is 81.6 Å². The molecule has 1 aromatic carbocycles. The number of benzene rings is 1. The summed E-state index contributed by atoms with van der Waals surface area (Å²) in [6, 6.07) is 9.44. The van der Waals surface area contributed by atoms with Gasteiger partial charge in [-0.25, -0.2) is 15.4 Å². The molecule has 0 spiro atoms. The molecule has 2 bridgehead atoms. The van der Waals surface area contributed by atoms with Gasteiger partial charge in [-0.15, -0.1) is 0 Å². The third-order valence-corrected chi connectivity index (χ3v) is 4.83. The molecule has 2 fully saturated rings. The predicted molar refractivity (Wildman–Crippen MR) is 89.3 cm³/mol. The number of carbonyl (C=O) groups is 1. The minimum absolute atomic E-state index is 0.243. The van der Waals surface area contributed by atoms with Crippen molar-refractivity contribution in [1.29, 1.82) is 0 Å². The van der Waals surface area contributed by atoms with Crippen molar-refractivity contribution in [1.82, 2.24) is 15.4 Å². The fourth-order valence-electron chi connectivity index (χ4n) is 3.69. The molecule has 4 rings (SSSR count). The minimum atomic E-state index is -0.602. The SMILES string of the molecule is Cc1cccc(N2C[C@@H]3C[C@@H]2CN3c2ncc(C(=O)NO)cn2)c1. The van der Waals surface area contributed by atoms with E-state index < -0.39 is 5.91 Å².